The molecule has 1 saturated carbocycles. The van der Waals surface area contributed by atoms with Gasteiger partial charge in [-0.25, -0.2) is 4.98 Å². The average molecular weight is 207 g/mol. The predicted molar refractivity (Wildman–Crippen MR) is 63.1 cm³/mol. The molecule has 1 N–H and O–H groups in total. The first-order valence-electron chi connectivity index (χ1n) is 6.09. The van der Waals surface area contributed by atoms with Gasteiger partial charge in [-0.3, -0.25) is 0 Å². The third-order valence-corrected chi connectivity index (χ3v) is 3.38. The van der Waals surface area contributed by atoms with Crippen LogP contribution in [-0.4, -0.2) is 16.1 Å². The minimum Gasteiger partial charge on any atom is -0.356 e. The Morgan fingerprint density at radius 2 is 2.40 bits per heavy atom. The van der Waals surface area contributed by atoms with Crippen molar-refractivity contribution in [2.45, 2.75) is 45.6 Å². The second kappa shape index (κ2) is 4.69. The summed E-state index contributed by atoms with van der Waals surface area (Å²) in [7, 11) is 0. The van der Waals surface area contributed by atoms with Crippen LogP contribution >= 0.6 is 0 Å². The lowest BCUT2D eigenvalue weighted by molar-refractivity contribution is 0.411. The maximum Gasteiger partial charge on any atom is 0.203 e. The van der Waals surface area contributed by atoms with Gasteiger partial charge < -0.3 is 9.88 Å². The zero-order valence-corrected chi connectivity index (χ0v) is 9.74. The van der Waals surface area contributed by atoms with E-state index in [1.807, 2.05) is 6.20 Å². The lowest BCUT2D eigenvalue weighted by Gasteiger charge is -2.20. The summed E-state index contributed by atoms with van der Waals surface area (Å²) in [6, 6.07) is 0.659. The summed E-state index contributed by atoms with van der Waals surface area (Å²) in [5.74, 6) is 1.84. The van der Waals surface area contributed by atoms with E-state index in [1.54, 1.807) is 0 Å². The van der Waals surface area contributed by atoms with Gasteiger partial charge in [0.1, 0.15) is 0 Å². The van der Waals surface area contributed by atoms with Crippen molar-refractivity contribution in [2.75, 3.05) is 11.9 Å². The normalized spacial score (nSPS) is 25.7. The SMILES string of the molecule is CCCNc1nccn1C1CCCC1C. The lowest BCUT2D eigenvalue weighted by atomic mass is 10.1. The van der Waals surface area contributed by atoms with Gasteiger partial charge in [-0.2, -0.15) is 0 Å². The fourth-order valence-electron chi connectivity index (χ4n) is 2.49. The van der Waals surface area contributed by atoms with Crippen LogP contribution in [0.3, 0.4) is 0 Å². The first-order valence-corrected chi connectivity index (χ1v) is 6.09. The number of rotatable bonds is 4. The molecule has 84 valence electrons. The van der Waals surface area contributed by atoms with Crippen molar-refractivity contribution >= 4 is 5.95 Å². The van der Waals surface area contributed by atoms with Crippen LogP contribution in [0.15, 0.2) is 12.4 Å². The van der Waals surface area contributed by atoms with Crippen molar-refractivity contribution in [2.24, 2.45) is 5.92 Å². The fraction of sp³-hybridized carbons (Fsp3) is 0.750. The minimum atomic E-state index is 0.659. The molecular formula is C12H21N3. The first kappa shape index (κ1) is 10.5. The molecule has 1 aliphatic rings. The highest BCUT2D eigenvalue weighted by molar-refractivity contribution is 5.26. The molecule has 2 atom stereocenters. The highest BCUT2D eigenvalue weighted by atomic mass is 15.2. The third-order valence-electron chi connectivity index (χ3n) is 3.38. The minimum absolute atomic E-state index is 0.659. The van der Waals surface area contributed by atoms with Crippen molar-refractivity contribution in [3.8, 4) is 0 Å². The number of hydrogen-bond donors (Lipinski definition) is 1. The number of aromatic nitrogens is 2. The van der Waals surface area contributed by atoms with E-state index in [9.17, 15) is 0 Å². The van der Waals surface area contributed by atoms with Gasteiger partial charge in [0.15, 0.2) is 0 Å². The van der Waals surface area contributed by atoms with Crippen molar-refractivity contribution in [1.82, 2.24) is 9.55 Å². The molecule has 0 bridgehead atoms. The van der Waals surface area contributed by atoms with E-state index in [0.29, 0.717) is 6.04 Å². The number of nitrogens with one attached hydrogen (secondary N) is 1. The highest BCUT2D eigenvalue weighted by Crippen LogP contribution is 2.36. The molecule has 15 heavy (non-hydrogen) atoms. The van der Waals surface area contributed by atoms with Gasteiger partial charge in [-0.05, 0) is 25.2 Å². The summed E-state index contributed by atoms with van der Waals surface area (Å²) in [5.41, 5.74) is 0. The molecule has 2 unspecified atom stereocenters. The van der Waals surface area contributed by atoms with E-state index >= 15 is 0 Å². The Kier molecular flexibility index (Phi) is 3.29. The van der Waals surface area contributed by atoms with Crippen LogP contribution in [0.25, 0.3) is 0 Å². The van der Waals surface area contributed by atoms with Crippen LogP contribution in [0.5, 0.6) is 0 Å². The molecule has 0 radical (unpaired) electrons. The summed E-state index contributed by atoms with van der Waals surface area (Å²) in [5, 5.41) is 3.39. The zero-order valence-electron chi connectivity index (χ0n) is 9.74. The number of nitrogens with zero attached hydrogens (tertiary/aromatic N) is 2. The Hall–Kier alpha value is -0.990. The molecule has 1 aliphatic carbocycles. The van der Waals surface area contributed by atoms with E-state index in [4.69, 9.17) is 0 Å². The fourth-order valence-corrected chi connectivity index (χ4v) is 2.49. The van der Waals surface area contributed by atoms with E-state index < -0.39 is 0 Å². The number of anilines is 1. The molecule has 0 aromatic carbocycles. The summed E-state index contributed by atoms with van der Waals surface area (Å²) < 4.78 is 2.33. The quantitative estimate of drug-likeness (QED) is 0.822. The molecule has 0 spiro atoms. The first-order chi connectivity index (χ1) is 7.33. The lowest BCUT2D eigenvalue weighted by Crippen LogP contribution is -2.15. The van der Waals surface area contributed by atoms with Crippen molar-refractivity contribution in [3.63, 3.8) is 0 Å². The average Bonchev–Trinajstić information content (AvgIpc) is 2.82. The molecule has 1 aromatic rings. The van der Waals surface area contributed by atoms with E-state index in [1.165, 1.54) is 19.3 Å². The van der Waals surface area contributed by atoms with E-state index in [2.05, 4.69) is 34.9 Å². The Morgan fingerprint density at radius 1 is 1.53 bits per heavy atom. The van der Waals surface area contributed by atoms with Crippen molar-refractivity contribution in [1.29, 1.82) is 0 Å². The standard InChI is InChI=1S/C12H21N3/c1-3-7-13-12-14-8-9-15(12)11-6-4-5-10(11)2/h8-11H,3-7H2,1-2H3,(H,13,14). The zero-order chi connectivity index (χ0) is 10.7. The smallest absolute Gasteiger partial charge is 0.203 e. The molecule has 0 saturated heterocycles. The molecule has 2 rings (SSSR count). The molecule has 1 aromatic heterocycles. The van der Waals surface area contributed by atoms with Crippen molar-refractivity contribution < 1.29 is 0 Å². The van der Waals surface area contributed by atoms with Crippen molar-refractivity contribution in [3.05, 3.63) is 12.4 Å². The molecule has 1 fully saturated rings. The molecule has 3 nitrogen and oxygen atoms in total. The van der Waals surface area contributed by atoms with Crippen LogP contribution in [-0.2, 0) is 0 Å². The second-order valence-corrected chi connectivity index (χ2v) is 4.56. The summed E-state index contributed by atoms with van der Waals surface area (Å²) in [6.45, 7) is 5.54. The van der Waals surface area contributed by atoms with Gasteiger partial charge in [-0.1, -0.05) is 20.3 Å². The third kappa shape index (κ3) is 2.16. The Labute approximate surface area is 91.9 Å². The molecule has 0 aliphatic heterocycles. The van der Waals surface area contributed by atoms with Gasteiger partial charge in [0.2, 0.25) is 5.95 Å². The van der Waals surface area contributed by atoms with E-state index in [0.717, 1.165) is 24.8 Å². The molecular weight excluding hydrogens is 186 g/mol. The summed E-state index contributed by atoms with van der Waals surface area (Å²) >= 11 is 0. The topological polar surface area (TPSA) is 29.9 Å². The largest absolute Gasteiger partial charge is 0.356 e. The van der Waals surface area contributed by atoms with Gasteiger partial charge in [0, 0.05) is 25.0 Å². The summed E-state index contributed by atoms with van der Waals surface area (Å²) in [6.07, 6.45) is 9.19. The van der Waals surface area contributed by atoms with Gasteiger partial charge in [0.25, 0.3) is 0 Å². The van der Waals surface area contributed by atoms with Gasteiger partial charge in [0.05, 0.1) is 0 Å². The Balaban J connectivity index is 2.09. The van der Waals surface area contributed by atoms with Crippen LogP contribution in [0.1, 0.15) is 45.6 Å². The van der Waals surface area contributed by atoms with Gasteiger partial charge >= 0.3 is 0 Å². The second-order valence-electron chi connectivity index (χ2n) is 4.56. The van der Waals surface area contributed by atoms with Crippen LogP contribution in [0.4, 0.5) is 5.95 Å². The monoisotopic (exact) mass is 207 g/mol. The Morgan fingerprint density at radius 3 is 3.07 bits per heavy atom. The van der Waals surface area contributed by atoms with Gasteiger partial charge in [-0.15, -0.1) is 0 Å². The Bertz CT molecular complexity index is 306. The molecule has 0 amide bonds. The highest BCUT2D eigenvalue weighted by Gasteiger charge is 2.26. The maximum absolute atomic E-state index is 4.38. The summed E-state index contributed by atoms with van der Waals surface area (Å²) in [4.78, 5) is 4.38. The van der Waals surface area contributed by atoms with E-state index in [-0.39, 0.29) is 0 Å². The number of hydrogen-bond acceptors (Lipinski definition) is 2. The maximum atomic E-state index is 4.38. The van der Waals surface area contributed by atoms with Crippen LogP contribution in [0, 0.1) is 5.92 Å². The molecule has 1 heterocycles. The molecule has 3 heteroatoms. The number of imidazole rings is 1. The van der Waals surface area contributed by atoms with Crippen LogP contribution in [0.2, 0.25) is 0 Å². The predicted octanol–water partition coefficient (Wildman–Crippen LogP) is 3.07. The van der Waals surface area contributed by atoms with Crippen LogP contribution < -0.4 is 5.32 Å².